The number of sulfonamides is 1. The molecule has 1 aliphatic rings. The average molecular weight is 522 g/mol. The molecular weight excluding hydrogens is 494 g/mol. The molecule has 14 heteroatoms. The Hall–Kier alpha value is -3.94. The number of aryl methyl sites for hydroxylation is 1. The first-order valence-corrected chi connectivity index (χ1v) is 12.4. The Morgan fingerprint density at radius 1 is 1.33 bits per heavy atom. The molecule has 1 aliphatic heterocycles. The highest BCUT2D eigenvalue weighted by atomic mass is 32.2. The van der Waals surface area contributed by atoms with Crippen LogP contribution in [0.1, 0.15) is 20.8 Å². The number of nitrogens with one attached hydrogen (secondary N) is 1. The SMILES string of the molecule is Cn1cc(S(=O)(=O)N2CC(Cn3c(O)coc3=O)Oc3ccc(NC(=O)OCC(C)(C)C)cc32)cn1. The zero-order valence-electron chi connectivity index (χ0n) is 20.2. The number of carbonyl (C=O) groups excluding carboxylic acids is 1. The molecule has 0 spiro atoms. The summed E-state index contributed by atoms with van der Waals surface area (Å²) < 4.78 is 46.4. The zero-order chi connectivity index (χ0) is 26.3. The lowest BCUT2D eigenvalue weighted by atomic mass is 9.99. The Morgan fingerprint density at radius 2 is 2.08 bits per heavy atom. The van der Waals surface area contributed by atoms with Crippen LogP contribution < -0.4 is 20.1 Å². The second-order valence-corrected chi connectivity index (χ2v) is 11.4. The number of benzene rings is 1. The van der Waals surface area contributed by atoms with Crippen LogP contribution in [0.3, 0.4) is 0 Å². The van der Waals surface area contributed by atoms with E-state index in [1.807, 2.05) is 20.8 Å². The molecule has 0 fully saturated rings. The molecule has 0 saturated carbocycles. The van der Waals surface area contributed by atoms with Crippen molar-refractivity contribution in [2.45, 2.75) is 38.3 Å². The van der Waals surface area contributed by atoms with Gasteiger partial charge >= 0.3 is 11.8 Å². The molecule has 194 valence electrons. The third-order valence-electron chi connectivity index (χ3n) is 5.19. The van der Waals surface area contributed by atoms with E-state index in [1.165, 1.54) is 35.3 Å². The van der Waals surface area contributed by atoms with E-state index in [0.717, 1.165) is 15.1 Å². The van der Waals surface area contributed by atoms with Gasteiger partial charge < -0.3 is 19.0 Å². The molecule has 1 aromatic carbocycles. The van der Waals surface area contributed by atoms with Gasteiger partial charge in [0.05, 0.1) is 31.6 Å². The Bertz CT molecular complexity index is 1430. The van der Waals surface area contributed by atoms with E-state index in [9.17, 15) is 23.1 Å². The Morgan fingerprint density at radius 3 is 2.69 bits per heavy atom. The number of hydrogen-bond acceptors (Lipinski definition) is 9. The van der Waals surface area contributed by atoms with Crippen molar-refractivity contribution in [2.75, 3.05) is 22.8 Å². The zero-order valence-corrected chi connectivity index (χ0v) is 21.0. The molecule has 0 bridgehead atoms. The third-order valence-corrected chi connectivity index (χ3v) is 6.92. The summed E-state index contributed by atoms with van der Waals surface area (Å²) in [6.45, 7) is 5.59. The average Bonchev–Trinajstić information content (AvgIpc) is 3.38. The quantitative estimate of drug-likeness (QED) is 0.496. The molecule has 3 aromatic rings. The van der Waals surface area contributed by atoms with Gasteiger partial charge in [-0.3, -0.25) is 14.3 Å². The number of anilines is 2. The van der Waals surface area contributed by atoms with Crippen LogP contribution in [0, 0.1) is 5.41 Å². The summed E-state index contributed by atoms with van der Waals surface area (Å²) in [7, 11) is -2.52. The van der Waals surface area contributed by atoms with E-state index in [4.69, 9.17) is 9.47 Å². The van der Waals surface area contributed by atoms with Crippen molar-refractivity contribution in [1.29, 1.82) is 0 Å². The van der Waals surface area contributed by atoms with Gasteiger partial charge in [-0.2, -0.15) is 5.10 Å². The fourth-order valence-electron chi connectivity index (χ4n) is 3.50. The molecule has 2 N–H and O–H groups in total. The highest BCUT2D eigenvalue weighted by Crippen LogP contribution is 2.39. The molecule has 0 aliphatic carbocycles. The van der Waals surface area contributed by atoms with Crippen molar-refractivity contribution in [2.24, 2.45) is 12.5 Å². The van der Waals surface area contributed by atoms with Gasteiger partial charge in [0.1, 0.15) is 16.7 Å². The van der Waals surface area contributed by atoms with Crippen molar-refractivity contribution in [3.63, 3.8) is 0 Å². The minimum absolute atomic E-state index is 0.0529. The molecule has 36 heavy (non-hydrogen) atoms. The van der Waals surface area contributed by atoms with Crippen molar-refractivity contribution in [1.82, 2.24) is 14.3 Å². The fraction of sp³-hybridized carbons (Fsp3) is 0.409. The maximum absolute atomic E-state index is 13.6. The van der Waals surface area contributed by atoms with Gasteiger partial charge in [-0.15, -0.1) is 0 Å². The predicted octanol–water partition coefficient (Wildman–Crippen LogP) is 2.13. The van der Waals surface area contributed by atoms with Crippen molar-refractivity contribution in [3.8, 4) is 11.6 Å². The van der Waals surface area contributed by atoms with Crippen LogP contribution >= 0.6 is 0 Å². The number of oxazole rings is 1. The van der Waals surface area contributed by atoms with Gasteiger partial charge in [0, 0.05) is 18.9 Å². The minimum atomic E-state index is -4.11. The molecule has 0 radical (unpaired) electrons. The number of amides is 1. The lowest BCUT2D eigenvalue weighted by Gasteiger charge is -2.35. The summed E-state index contributed by atoms with van der Waals surface area (Å²) in [4.78, 5) is 24.1. The van der Waals surface area contributed by atoms with Gasteiger partial charge in [0.15, 0.2) is 6.26 Å². The van der Waals surface area contributed by atoms with Crippen LogP contribution in [0.5, 0.6) is 11.6 Å². The van der Waals surface area contributed by atoms with Crippen molar-refractivity contribution < 1.29 is 32.2 Å². The molecule has 2 aromatic heterocycles. The molecule has 1 unspecified atom stereocenters. The Balaban J connectivity index is 1.67. The van der Waals surface area contributed by atoms with Gasteiger partial charge in [-0.1, -0.05) is 20.8 Å². The van der Waals surface area contributed by atoms with Gasteiger partial charge in [-0.25, -0.2) is 22.6 Å². The van der Waals surface area contributed by atoms with Crippen LogP contribution in [0.2, 0.25) is 0 Å². The first-order valence-electron chi connectivity index (χ1n) is 11.0. The normalized spacial score (nSPS) is 15.8. The molecule has 0 saturated heterocycles. The summed E-state index contributed by atoms with van der Waals surface area (Å²) in [6, 6.07) is 4.50. The largest absolute Gasteiger partial charge is 0.492 e. The number of carbonyl (C=O) groups is 1. The number of rotatable bonds is 6. The second kappa shape index (κ2) is 9.26. The molecule has 13 nitrogen and oxygen atoms in total. The van der Waals surface area contributed by atoms with Gasteiger partial charge in [0.25, 0.3) is 10.0 Å². The van der Waals surface area contributed by atoms with E-state index in [0.29, 0.717) is 5.69 Å². The molecule has 1 amide bonds. The number of hydrogen-bond donors (Lipinski definition) is 2. The number of ether oxygens (including phenoxy) is 2. The van der Waals surface area contributed by atoms with Gasteiger partial charge in [-0.05, 0) is 23.6 Å². The van der Waals surface area contributed by atoms with E-state index in [2.05, 4.69) is 14.8 Å². The second-order valence-electron chi connectivity index (χ2n) is 9.54. The van der Waals surface area contributed by atoms with Crippen LogP contribution in [0.25, 0.3) is 0 Å². The smallest absolute Gasteiger partial charge is 0.421 e. The number of nitrogens with zero attached hydrogens (tertiary/aromatic N) is 4. The van der Waals surface area contributed by atoms with E-state index in [1.54, 1.807) is 7.05 Å². The Labute approximate surface area is 206 Å². The van der Waals surface area contributed by atoms with Crippen LogP contribution in [0.4, 0.5) is 16.2 Å². The first kappa shape index (κ1) is 25.2. The lowest BCUT2D eigenvalue weighted by Crippen LogP contribution is -2.46. The third kappa shape index (κ3) is 5.32. The van der Waals surface area contributed by atoms with E-state index in [-0.39, 0.29) is 41.4 Å². The highest BCUT2D eigenvalue weighted by Gasteiger charge is 2.36. The maximum Gasteiger partial charge on any atom is 0.421 e. The standard InChI is InChI=1S/C22H27N5O8S/c1-22(2,3)13-34-20(29)24-14-5-6-18-17(7-14)27(36(31,32)16-8-23-25(4)11-16)10-15(35-18)9-26-19(28)12-33-21(26)30/h5-8,11-12,15,28H,9-10,13H2,1-4H3,(H,24,29). The summed E-state index contributed by atoms with van der Waals surface area (Å²) in [5.74, 6) is -1.02. The molecular formula is C22H27N5O8S. The minimum Gasteiger partial charge on any atom is -0.492 e. The molecule has 3 heterocycles. The number of aromatic nitrogens is 3. The monoisotopic (exact) mass is 521 g/mol. The van der Waals surface area contributed by atoms with E-state index < -0.39 is 33.9 Å². The topological polar surface area (TPSA) is 158 Å². The summed E-state index contributed by atoms with van der Waals surface area (Å²) in [5, 5.41) is 16.4. The van der Waals surface area contributed by atoms with Crippen LogP contribution in [-0.2, 0) is 28.4 Å². The fourth-order valence-corrected chi connectivity index (χ4v) is 4.99. The van der Waals surface area contributed by atoms with Gasteiger partial charge in [0.2, 0.25) is 5.88 Å². The summed E-state index contributed by atoms with van der Waals surface area (Å²) >= 11 is 0. The summed E-state index contributed by atoms with van der Waals surface area (Å²) in [5.41, 5.74) is 0.244. The van der Waals surface area contributed by atoms with Crippen molar-refractivity contribution >= 4 is 27.5 Å². The van der Waals surface area contributed by atoms with Crippen molar-refractivity contribution in [3.05, 3.63) is 47.4 Å². The molecule has 1 atom stereocenters. The maximum atomic E-state index is 13.6. The Kier molecular flexibility index (Phi) is 6.47. The van der Waals surface area contributed by atoms with Crippen LogP contribution in [0.15, 0.2) is 51.0 Å². The van der Waals surface area contributed by atoms with Crippen LogP contribution in [-0.4, -0.2) is 53.2 Å². The highest BCUT2D eigenvalue weighted by molar-refractivity contribution is 7.92. The number of aromatic hydroxyl groups is 1. The molecule has 4 rings (SSSR count). The lowest BCUT2D eigenvalue weighted by molar-refractivity contribution is 0.118. The first-order chi connectivity index (χ1) is 16.8. The predicted molar refractivity (Wildman–Crippen MR) is 128 cm³/mol. The number of fused-ring (bicyclic) bond motifs is 1. The van der Waals surface area contributed by atoms with E-state index >= 15 is 0 Å². The summed E-state index contributed by atoms with van der Waals surface area (Å²) in [6.07, 6.45) is 1.94.